The van der Waals surface area contributed by atoms with Crippen LogP contribution in [0.3, 0.4) is 0 Å². The fraction of sp³-hybridized carbons (Fsp3) is 0.118. The van der Waals surface area contributed by atoms with Crippen molar-refractivity contribution < 1.29 is 39.5 Å². The van der Waals surface area contributed by atoms with Crippen molar-refractivity contribution in [3.63, 3.8) is 0 Å². The monoisotopic (exact) mass is 1180 g/mol. The van der Waals surface area contributed by atoms with Crippen LogP contribution in [0.1, 0.15) is 66.4 Å². The SMILES string of the molecule is [2H]c1c([2H])c([2H])c(-c2cc(C(C)(C)C)cc(-c3c([2H])c([2H])c([2H])c([2H])c3[2H])c2N2[CH-]N(c3[c-]c(Oc4[c-]c5c(cc4)[Si](c4ccccc4)(c4ccccc4)c4ccccc4N5c4cc(C(C)(C)C)ccn4)ccc3)c3ccccc32)c([2H])c1[2H].[Pt]. The number of nitrogens with zero attached hydrogens (tertiary/aromatic N) is 4. The number of aromatic nitrogens is 1. The van der Waals surface area contributed by atoms with E-state index >= 15 is 0 Å². The summed E-state index contributed by atoms with van der Waals surface area (Å²) < 4.78 is 96.6. The Hall–Kier alpha value is -7.76. The summed E-state index contributed by atoms with van der Waals surface area (Å²) in [5.74, 6) is 1.54. The average Bonchev–Trinajstić information content (AvgIpc) is 0.978. The van der Waals surface area contributed by atoms with Crippen molar-refractivity contribution in [2.75, 3.05) is 14.7 Å². The molecule has 0 amide bonds. The Morgan fingerprint density at radius 2 is 1.07 bits per heavy atom. The van der Waals surface area contributed by atoms with Crippen molar-refractivity contribution in [2.24, 2.45) is 0 Å². The van der Waals surface area contributed by atoms with Crippen molar-refractivity contribution in [1.29, 1.82) is 0 Å². The molecule has 5 nitrogen and oxygen atoms in total. The van der Waals surface area contributed by atoms with Crippen LogP contribution in [0.2, 0.25) is 0 Å². The van der Waals surface area contributed by atoms with Crippen molar-refractivity contribution in [2.45, 2.75) is 52.4 Å². The van der Waals surface area contributed by atoms with E-state index in [4.69, 9.17) is 17.9 Å². The Kier molecular flexibility index (Phi) is 10.2. The molecule has 0 aliphatic carbocycles. The van der Waals surface area contributed by atoms with E-state index in [-0.39, 0.29) is 54.4 Å². The van der Waals surface area contributed by atoms with Gasteiger partial charge in [0.1, 0.15) is 13.9 Å². The van der Waals surface area contributed by atoms with Crippen molar-refractivity contribution in [3.8, 4) is 33.8 Å². The molecule has 0 N–H and O–H groups in total. The molecule has 2 aliphatic heterocycles. The van der Waals surface area contributed by atoms with Gasteiger partial charge >= 0.3 is 0 Å². The molecule has 0 spiro atoms. The maximum Gasteiger partial charge on any atom is 0.135 e. The molecule has 0 bridgehead atoms. The predicted octanol–water partition coefficient (Wildman–Crippen LogP) is 15.0. The molecule has 9 aromatic carbocycles. The van der Waals surface area contributed by atoms with Crippen molar-refractivity contribution in [3.05, 3.63) is 260 Å². The zero-order valence-corrected chi connectivity index (χ0v) is 45.5. The summed E-state index contributed by atoms with van der Waals surface area (Å²) >= 11 is 0. The molecule has 0 fully saturated rings. The first-order valence-electron chi connectivity index (χ1n) is 29.7. The van der Waals surface area contributed by atoms with E-state index in [2.05, 4.69) is 141 Å². The number of ether oxygens (including phenoxy) is 1. The molecule has 0 saturated heterocycles. The van der Waals surface area contributed by atoms with E-state index in [0.29, 0.717) is 34.1 Å². The Morgan fingerprint density at radius 1 is 0.520 bits per heavy atom. The molecule has 10 aromatic rings. The number of fused-ring (bicyclic) bond motifs is 3. The van der Waals surface area contributed by atoms with Gasteiger partial charge in [-0.3, -0.25) is 0 Å². The minimum Gasteiger partial charge on any atom is -0.509 e. The quantitative estimate of drug-likeness (QED) is 0.106. The maximum atomic E-state index is 9.33. The Balaban J connectivity index is 0.00000752. The summed E-state index contributed by atoms with van der Waals surface area (Å²) in [7, 11) is -3.08. The molecule has 0 atom stereocenters. The molecule has 75 heavy (non-hydrogen) atoms. The number of para-hydroxylation sites is 3. The van der Waals surface area contributed by atoms with Gasteiger partial charge in [0.25, 0.3) is 0 Å². The maximum absolute atomic E-state index is 9.33. The minimum atomic E-state index is -3.08. The van der Waals surface area contributed by atoms with Crippen LogP contribution in [0, 0.1) is 18.8 Å². The van der Waals surface area contributed by atoms with Gasteiger partial charge in [0.2, 0.25) is 0 Å². The number of pyridine rings is 1. The van der Waals surface area contributed by atoms with E-state index in [9.17, 15) is 5.48 Å². The Bertz CT molecular complexity index is 4100. The van der Waals surface area contributed by atoms with Gasteiger partial charge in [0, 0.05) is 72.6 Å². The van der Waals surface area contributed by atoms with Crippen LogP contribution in [0.5, 0.6) is 11.5 Å². The largest absolute Gasteiger partial charge is 0.509 e. The first kappa shape index (κ1) is 38.8. The van der Waals surface area contributed by atoms with Crippen LogP contribution in [0.15, 0.2) is 230 Å². The number of hydrogen-bond acceptors (Lipinski definition) is 5. The third-order valence-corrected chi connectivity index (χ3v) is 18.8. The predicted molar refractivity (Wildman–Crippen MR) is 310 cm³/mol. The molecule has 0 unspecified atom stereocenters. The van der Waals surface area contributed by atoms with Gasteiger partial charge in [0.05, 0.1) is 13.7 Å². The van der Waals surface area contributed by atoms with Crippen LogP contribution < -0.4 is 40.2 Å². The van der Waals surface area contributed by atoms with Crippen molar-refractivity contribution in [1.82, 2.24) is 4.98 Å². The number of hydrogen-bond donors (Lipinski definition) is 0. The van der Waals surface area contributed by atoms with Crippen LogP contribution in [-0.2, 0) is 31.9 Å². The molecular weight excluding hydrogens is 1110 g/mol. The first-order valence-corrected chi connectivity index (χ1v) is 26.7. The second kappa shape index (κ2) is 19.8. The van der Waals surface area contributed by atoms with Gasteiger partial charge in [-0.15, -0.1) is 47.9 Å². The second-order valence-electron chi connectivity index (χ2n) is 20.6. The zero-order chi connectivity index (χ0) is 59.3. The van der Waals surface area contributed by atoms with Gasteiger partial charge in [-0.2, -0.15) is 12.1 Å². The fourth-order valence-corrected chi connectivity index (χ4v) is 15.4. The first-order chi connectivity index (χ1) is 40.1. The van der Waals surface area contributed by atoms with Crippen molar-refractivity contribution >= 4 is 68.8 Å². The molecule has 3 heterocycles. The molecule has 12 rings (SSSR count). The molecule has 1 aromatic heterocycles. The molecular formula is C68H57N4OPtSi-3. The third kappa shape index (κ3) is 8.90. The normalized spacial score (nSPS) is 15.5. The number of benzene rings is 9. The summed E-state index contributed by atoms with van der Waals surface area (Å²) in [6, 6.07) is 57.3. The van der Waals surface area contributed by atoms with Crippen LogP contribution in [-0.4, -0.2) is 13.1 Å². The molecule has 7 heteroatoms. The van der Waals surface area contributed by atoms with Crippen LogP contribution >= 0.6 is 0 Å². The van der Waals surface area contributed by atoms with E-state index in [1.807, 2.05) is 80.4 Å². The minimum absolute atomic E-state index is 0. The van der Waals surface area contributed by atoms with E-state index < -0.39 is 73.9 Å². The van der Waals surface area contributed by atoms with E-state index in [1.165, 1.54) is 15.6 Å². The standard InChI is InChI=1S/C68H57N4OSi.Pt/c1-67(2,3)50-40-41-69-65(44-50)72-61-36-21-22-37-63(61)74(55-30-15-9-16-31-55,56-32-17-10-18-33-56)64-39-38-54(46-62(64)72)73-53-29-23-28-52(45-53)70-47-71(60-35-20-19-34-59(60)70)66-57(48-24-11-7-12-25-48)42-51(68(4,5)6)43-58(66)49-26-13-8-14-27-49;/h7-44,47H,1-6H3;/q-3;/i7D,8D,11D,12D,13D,14D,24D,25D,26D,27D;. The molecule has 0 radical (unpaired) electrons. The summed E-state index contributed by atoms with van der Waals surface area (Å²) in [5, 5.41) is 4.75. The fourth-order valence-electron chi connectivity index (χ4n) is 10.4. The summed E-state index contributed by atoms with van der Waals surface area (Å²) in [6.07, 6.45) is 1.87. The van der Waals surface area contributed by atoms with Gasteiger partial charge in [-0.1, -0.05) is 209 Å². The third-order valence-electron chi connectivity index (χ3n) is 13.9. The van der Waals surface area contributed by atoms with Crippen LogP contribution in [0.25, 0.3) is 22.3 Å². The molecule has 372 valence electrons. The van der Waals surface area contributed by atoms with Gasteiger partial charge in [0.15, 0.2) is 0 Å². The van der Waals surface area contributed by atoms with E-state index in [0.717, 1.165) is 27.9 Å². The average molecular weight is 1180 g/mol. The van der Waals surface area contributed by atoms with Crippen LogP contribution in [0.4, 0.5) is 39.9 Å². The second-order valence-corrected chi connectivity index (χ2v) is 24.3. The topological polar surface area (TPSA) is 31.8 Å². The summed E-state index contributed by atoms with van der Waals surface area (Å²) in [6.45, 7) is 14.2. The van der Waals surface area contributed by atoms with E-state index in [1.54, 1.807) is 23.7 Å². The zero-order valence-electron chi connectivity index (χ0n) is 52.3. The Labute approximate surface area is 472 Å². The Morgan fingerprint density at radius 3 is 1.67 bits per heavy atom. The number of rotatable bonds is 9. The van der Waals surface area contributed by atoms with Gasteiger partial charge in [-0.05, 0) is 80.7 Å². The van der Waals surface area contributed by atoms with Gasteiger partial charge < -0.3 is 19.4 Å². The smallest absolute Gasteiger partial charge is 0.135 e. The van der Waals surface area contributed by atoms with Gasteiger partial charge in [-0.25, -0.2) is 4.98 Å². The summed E-state index contributed by atoms with van der Waals surface area (Å²) in [4.78, 5) is 10.9. The summed E-state index contributed by atoms with van der Waals surface area (Å²) in [5.41, 5.74) is 4.92. The molecule has 2 aliphatic rings. The molecule has 0 saturated carbocycles. The number of anilines is 7.